The summed E-state index contributed by atoms with van der Waals surface area (Å²) in [7, 11) is 0. The number of halogens is 2. The molecule has 1 aromatic carbocycles. The fraction of sp³-hybridized carbons (Fsp3) is 0.273. The molecule has 1 rings (SSSR count). The van der Waals surface area contributed by atoms with Crippen molar-refractivity contribution in [3.63, 3.8) is 0 Å². The summed E-state index contributed by atoms with van der Waals surface area (Å²) in [5.41, 5.74) is 1.43. The van der Waals surface area contributed by atoms with Gasteiger partial charge in [-0.15, -0.1) is 0 Å². The number of nitrogens with one attached hydrogen (secondary N) is 1. The maximum atomic E-state index is 11.4. The maximum Gasteiger partial charge on any atom is 0.303 e. The van der Waals surface area contributed by atoms with Gasteiger partial charge in [-0.05, 0) is 40.5 Å². The van der Waals surface area contributed by atoms with Crippen molar-refractivity contribution in [3.05, 3.63) is 27.2 Å². The number of hydrogen-bond acceptors (Lipinski definition) is 2. The molecular weight excluding hydrogens is 309 g/mol. The molecule has 0 fully saturated rings. The van der Waals surface area contributed by atoms with Gasteiger partial charge < -0.3 is 10.4 Å². The molecule has 2 N–H and O–H groups in total. The van der Waals surface area contributed by atoms with Crippen molar-refractivity contribution in [1.29, 1.82) is 0 Å². The Balaban J connectivity index is 2.71. The SMILES string of the molecule is Cc1cc(Br)c(NC(=O)CCC(=O)O)cc1Cl. The van der Waals surface area contributed by atoms with Gasteiger partial charge in [-0.25, -0.2) is 0 Å². The average molecular weight is 321 g/mol. The molecule has 92 valence electrons. The molecule has 0 atom stereocenters. The largest absolute Gasteiger partial charge is 0.481 e. The van der Waals surface area contributed by atoms with Gasteiger partial charge in [0.1, 0.15) is 0 Å². The van der Waals surface area contributed by atoms with Crippen LogP contribution in [-0.4, -0.2) is 17.0 Å². The van der Waals surface area contributed by atoms with Crippen molar-refractivity contribution in [3.8, 4) is 0 Å². The van der Waals surface area contributed by atoms with E-state index >= 15 is 0 Å². The van der Waals surface area contributed by atoms with E-state index in [0.717, 1.165) is 5.56 Å². The van der Waals surface area contributed by atoms with Gasteiger partial charge in [0.05, 0.1) is 12.1 Å². The van der Waals surface area contributed by atoms with E-state index in [1.165, 1.54) is 0 Å². The molecule has 0 radical (unpaired) electrons. The zero-order valence-electron chi connectivity index (χ0n) is 9.09. The summed E-state index contributed by atoms with van der Waals surface area (Å²) in [5.74, 6) is -1.35. The van der Waals surface area contributed by atoms with Gasteiger partial charge in [-0.2, -0.15) is 0 Å². The number of anilines is 1. The van der Waals surface area contributed by atoms with Crippen LogP contribution >= 0.6 is 27.5 Å². The lowest BCUT2D eigenvalue weighted by Gasteiger charge is -2.09. The molecule has 0 aliphatic carbocycles. The van der Waals surface area contributed by atoms with E-state index in [4.69, 9.17) is 16.7 Å². The number of amides is 1. The van der Waals surface area contributed by atoms with Crippen LogP contribution in [-0.2, 0) is 9.59 Å². The molecule has 4 nitrogen and oxygen atoms in total. The van der Waals surface area contributed by atoms with Gasteiger partial charge in [0.25, 0.3) is 0 Å². The predicted molar refractivity (Wildman–Crippen MR) is 69.4 cm³/mol. The first-order valence-corrected chi connectivity index (χ1v) is 6.04. The Morgan fingerprint density at radius 3 is 2.65 bits per heavy atom. The minimum atomic E-state index is -0.999. The van der Waals surface area contributed by atoms with E-state index in [-0.39, 0.29) is 18.7 Å². The minimum absolute atomic E-state index is 0.0622. The third-order valence-electron chi connectivity index (χ3n) is 2.09. The lowest BCUT2D eigenvalue weighted by molar-refractivity contribution is -0.138. The van der Waals surface area contributed by atoms with E-state index in [1.807, 2.05) is 6.92 Å². The molecule has 0 bridgehead atoms. The number of aliphatic carboxylic acids is 1. The Morgan fingerprint density at radius 1 is 1.41 bits per heavy atom. The first-order chi connectivity index (χ1) is 7.90. The molecule has 6 heteroatoms. The second kappa shape index (κ2) is 6.02. The molecule has 0 unspecified atom stereocenters. The van der Waals surface area contributed by atoms with E-state index in [1.54, 1.807) is 12.1 Å². The van der Waals surface area contributed by atoms with E-state index in [0.29, 0.717) is 15.2 Å². The molecule has 1 amide bonds. The number of carbonyl (C=O) groups excluding carboxylic acids is 1. The molecule has 0 saturated heterocycles. The van der Waals surface area contributed by atoms with Crippen molar-refractivity contribution in [2.24, 2.45) is 0 Å². The summed E-state index contributed by atoms with van der Waals surface area (Å²) < 4.78 is 0.711. The fourth-order valence-corrected chi connectivity index (χ4v) is 1.90. The van der Waals surface area contributed by atoms with Crippen LogP contribution in [0, 0.1) is 6.92 Å². The van der Waals surface area contributed by atoms with Crippen LogP contribution in [0.3, 0.4) is 0 Å². The topological polar surface area (TPSA) is 66.4 Å². The van der Waals surface area contributed by atoms with Crippen molar-refractivity contribution in [2.45, 2.75) is 19.8 Å². The fourth-order valence-electron chi connectivity index (χ4n) is 1.18. The van der Waals surface area contributed by atoms with E-state index in [2.05, 4.69) is 21.2 Å². The van der Waals surface area contributed by atoms with Crippen LogP contribution in [0.5, 0.6) is 0 Å². The number of rotatable bonds is 4. The lowest BCUT2D eigenvalue weighted by Crippen LogP contribution is -2.13. The Hall–Kier alpha value is -1.07. The molecule has 0 aliphatic rings. The molecule has 0 aromatic heterocycles. The summed E-state index contributed by atoms with van der Waals surface area (Å²) in [6.07, 6.45) is -0.254. The van der Waals surface area contributed by atoms with Crippen LogP contribution in [0.15, 0.2) is 16.6 Å². The third kappa shape index (κ3) is 4.36. The molecule has 0 spiro atoms. The summed E-state index contributed by atoms with van der Waals surface area (Å²) in [6, 6.07) is 3.41. The van der Waals surface area contributed by atoms with Crippen molar-refractivity contribution < 1.29 is 14.7 Å². The van der Waals surface area contributed by atoms with E-state index in [9.17, 15) is 9.59 Å². The van der Waals surface area contributed by atoms with Gasteiger partial charge in [0, 0.05) is 15.9 Å². The Morgan fingerprint density at radius 2 is 2.06 bits per heavy atom. The highest BCUT2D eigenvalue weighted by molar-refractivity contribution is 9.10. The number of aryl methyl sites for hydroxylation is 1. The second-order valence-corrected chi connectivity index (χ2v) is 4.78. The Bertz CT molecular complexity index is 462. The molecule has 0 saturated carbocycles. The number of carbonyl (C=O) groups is 2. The highest BCUT2D eigenvalue weighted by Gasteiger charge is 2.09. The van der Waals surface area contributed by atoms with Gasteiger partial charge in [-0.3, -0.25) is 9.59 Å². The predicted octanol–water partition coefficient (Wildman–Crippen LogP) is 3.21. The summed E-state index contributed by atoms with van der Waals surface area (Å²) in [4.78, 5) is 21.7. The Labute approximate surface area is 112 Å². The van der Waals surface area contributed by atoms with Gasteiger partial charge >= 0.3 is 5.97 Å². The lowest BCUT2D eigenvalue weighted by atomic mass is 10.2. The molecule has 0 heterocycles. The zero-order chi connectivity index (χ0) is 13.0. The van der Waals surface area contributed by atoms with Crippen LogP contribution in [0.25, 0.3) is 0 Å². The van der Waals surface area contributed by atoms with Crippen molar-refractivity contribution >= 4 is 45.1 Å². The van der Waals surface area contributed by atoms with Crippen LogP contribution in [0.2, 0.25) is 5.02 Å². The van der Waals surface area contributed by atoms with Gasteiger partial charge in [-0.1, -0.05) is 11.6 Å². The standard InChI is InChI=1S/C11H11BrClNO3/c1-6-4-7(12)9(5-8(6)13)14-10(15)2-3-11(16)17/h4-5H,2-3H2,1H3,(H,14,15)(H,16,17). The second-order valence-electron chi connectivity index (χ2n) is 3.52. The number of carboxylic acids is 1. The molecule has 17 heavy (non-hydrogen) atoms. The smallest absolute Gasteiger partial charge is 0.303 e. The highest BCUT2D eigenvalue weighted by Crippen LogP contribution is 2.29. The number of carboxylic acid groups (broad SMARTS) is 1. The normalized spacial score (nSPS) is 10.1. The van der Waals surface area contributed by atoms with E-state index < -0.39 is 5.97 Å². The van der Waals surface area contributed by atoms with Crippen LogP contribution in [0.1, 0.15) is 18.4 Å². The average Bonchev–Trinajstić information content (AvgIpc) is 2.23. The Kier molecular flexibility index (Phi) is 4.96. The first-order valence-electron chi connectivity index (χ1n) is 4.87. The molecular formula is C11H11BrClNO3. The van der Waals surface area contributed by atoms with Gasteiger partial charge in [0.15, 0.2) is 0 Å². The van der Waals surface area contributed by atoms with Crippen molar-refractivity contribution in [1.82, 2.24) is 0 Å². The quantitative estimate of drug-likeness (QED) is 0.895. The summed E-state index contributed by atoms with van der Waals surface area (Å²) in [5, 5.41) is 11.6. The minimum Gasteiger partial charge on any atom is -0.481 e. The number of benzene rings is 1. The van der Waals surface area contributed by atoms with Gasteiger partial charge in [0.2, 0.25) is 5.91 Å². The highest BCUT2D eigenvalue weighted by atomic mass is 79.9. The zero-order valence-corrected chi connectivity index (χ0v) is 11.4. The molecule has 1 aromatic rings. The van der Waals surface area contributed by atoms with Crippen LogP contribution < -0.4 is 5.32 Å². The number of hydrogen-bond donors (Lipinski definition) is 2. The van der Waals surface area contributed by atoms with Crippen molar-refractivity contribution in [2.75, 3.05) is 5.32 Å². The first kappa shape index (κ1) is 14.0. The summed E-state index contributed by atoms with van der Waals surface area (Å²) in [6.45, 7) is 1.85. The maximum absolute atomic E-state index is 11.4. The monoisotopic (exact) mass is 319 g/mol. The molecule has 0 aliphatic heterocycles. The van der Waals surface area contributed by atoms with Crippen LogP contribution in [0.4, 0.5) is 5.69 Å². The third-order valence-corrected chi connectivity index (χ3v) is 3.15. The summed E-state index contributed by atoms with van der Waals surface area (Å²) >= 11 is 9.23.